The zero-order valence-corrected chi connectivity index (χ0v) is 14.6. The third-order valence-electron chi connectivity index (χ3n) is 4.14. The van der Waals surface area contributed by atoms with Gasteiger partial charge < -0.3 is 25.8 Å². The third kappa shape index (κ3) is 3.93. The largest absolute Gasteiger partial charge is 0.430 e. The second-order valence-corrected chi connectivity index (χ2v) is 6.24. The molecule has 2 unspecified atom stereocenters. The van der Waals surface area contributed by atoms with Gasteiger partial charge in [0.05, 0.1) is 0 Å². The van der Waals surface area contributed by atoms with Gasteiger partial charge in [-0.3, -0.25) is 0 Å². The van der Waals surface area contributed by atoms with Crippen molar-refractivity contribution in [2.75, 3.05) is 12.8 Å². The normalized spacial score (nSPS) is 23.2. The molecular formula is C18H23N5O2. The quantitative estimate of drug-likeness (QED) is 0.805. The maximum Gasteiger partial charge on any atom is 0.323 e. The molecule has 7 nitrogen and oxygen atoms in total. The summed E-state index contributed by atoms with van der Waals surface area (Å²) in [5.41, 5.74) is 13.1. The van der Waals surface area contributed by atoms with Crippen molar-refractivity contribution < 1.29 is 9.47 Å². The van der Waals surface area contributed by atoms with Gasteiger partial charge in [-0.15, -0.1) is 4.99 Å². The monoisotopic (exact) mass is 341 g/mol. The summed E-state index contributed by atoms with van der Waals surface area (Å²) >= 11 is 0. The Morgan fingerprint density at radius 1 is 1.08 bits per heavy atom. The van der Waals surface area contributed by atoms with E-state index >= 15 is 0 Å². The average molecular weight is 341 g/mol. The maximum atomic E-state index is 6.02. The average Bonchev–Trinajstić information content (AvgIpc) is 2.56. The van der Waals surface area contributed by atoms with Crippen molar-refractivity contribution in [1.29, 1.82) is 0 Å². The van der Waals surface area contributed by atoms with Gasteiger partial charge in [-0.1, -0.05) is 6.92 Å². The number of allylic oxidation sites excluding steroid dienone is 4. The third-order valence-corrected chi connectivity index (χ3v) is 4.14. The summed E-state index contributed by atoms with van der Waals surface area (Å²) in [6.45, 7) is 4.01. The molecule has 3 rings (SSSR count). The van der Waals surface area contributed by atoms with Gasteiger partial charge in [0.25, 0.3) is 0 Å². The van der Waals surface area contributed by atoms with Crippen LogP contribution in [0.1, 0.15) is 20.3 Å². The summed E-state index contributed by atoms with van der Waals surface area (Å²) in [6.07, 6.45) is 4.36. The molecule has 2 atom stereocenters. The molecule has 1 aliphatic carbocycles. The Hall–Kier alpha value is -2.96. The van der Waals surface area contributed by atoms with Crippen molar-refractivity contribution in [3.8, 4) is 5.75 Å². The maximum absolute atomic E-state index is 6.02. The van der Waals surface area contributed by atoms with Crippen LogP contribution in [0.25, 0.3) is 0 Å². The van der Waals surface area contributed by atoms with Crippen molar-refractivity contribution in [2.24, 2.45) is 21.6 Å². The van der Waals surface area contributed by atoms with Crippen LogP contribution in [0.5, 0.6) is 5.75 Å². The molecule has 0 aromatic heterocycles. The standard InChI is InChI=1S/C18H23N5O2/c1-11-10-14(20)6-9-16(11)25-18-22-17(21-12(2)23(18)3)24-15-7-4-13(19)5-8-15/h4-9,11-12H,10,19-20H2,1-3H3. The first-order chi connectivity index (χ1) is 11.9. The van der Waals surface area contributed by atoms with E-state index in [-0.39, 0.29) is 18.1 Å². The van der Waals surface area contributed by atoms with E-state index in [0.29, 0.717) is 17.5 Å². The molecule has 1 aromatic carbocycles. The van der Waals surface area contributed by atoms with E-state index in [1.54, 1.807) is 24.3 Å². The minimum Gasteiger partial charge on any atom is -0.430 e. The van der Waals surface area contributed by atoms with Gasteiger partial charge in [-0.05, 0) is 49.8 Å². The molecule has 0 spiro atoms. The van der Waals surface area contributed by atoms with Crippen LogP contribution >= 0.6 is 0 Å². The summed E-state index contributed by atoms with van der Waals surface area (Å²) in [4.78, 5) is 10.7. The smallest absolute Gasteiger partial charge is 0.323 e. The highest BCUT2D eigenvalue weighted by molar-refractivity contribution is 5.92. The molecule has 0 saturated carbocycles. The van der Waals surface area contributed by atoms with E-state index in [4.69, 9.17) is 20.9 Å². The SMILES string of the molecule is CC1CC(N)=CC=C1OC1=NC(Oc2ccc(N)cc2)=NC(C)N1C. The zero-order chi connectivity index (χ0) is 18.0. The lowest BCUT2D eigenvalue weighted by Gasteiger charge is -2.30. The molecule has 25 heavy (non-hydrogen) atoms. The van der Waals surface area contributed by atoms with Crippen LogP contribution in [0.4, 0.5) is 5.69 Å². The van der Waals surface area contributed by atoms with E-state index in [9.17, 15) is 0 Å². The predicted octanol–water partition coefficient (Wildman–Crippen LogP) is 2.43. The van der Waals surface area contributed by atoms with Crippen LogP contribution in [0.15, 0.2) is 57.9 Å². The Morgan fingerprint density at radius 2 is 1.80 bits per heavy atom. The molecule has 7 heteroatoms. The van der Waals surface area contributed by atoms with Crippen molar-refractivity contribution in [3.05, 3.63) is 47.9 Å². The van der Waals surface area contributed by atoms with Gasteiger partial charge in [0.15, 0.2) is 0 Å². The van der Waals surface area contributed by atoms with Crippen LogP contribution in [0.2, 0.25) is 0 Å². The second-order valence-electron chi connectivity index (χ2n) is 6.24. The van der Waals surface area contributed by atoms with Crippen LogP contribution in [0, 0.1) is 5.92 Å². The molecule has 0 radical (unpaired) electrons. The Balaban J connectivity index is 1.79. The summed E-state index contributed by atoms with van der Waals surface area (Å²) in [6, 6.07) is 7.78. The Labute approximate surface area is 147 Å². The molecule has 4 N–H and O–H groups in total. The van der Waals surface area contributed by atoms with E-state index in [1.165, 1.54) is 0 Å². The topological polar surface area (TPSA) is 98.5 Å². The lowest BCUT2D eigenvalue weighted by molar-refractivity contribution is 0.248. The van der Waals surface area contributed by atoms with E-state index in [0.717, 1.165) is 17.9 Å². The fourth-order valence-electron chi connectivity index (χ4n) is 2.50. The molecule has 1 aromatic rings. The van der Waals surface area contributed by atoms with Crippen molar-refractivity contribution in [1.82, 2.24) is 4.90 Å². The first kappa shape index (κ1) is 16.9. The Kier molecular flexibility index (Phi) is 4.65. The van der Waals surface area contributed by atoms with Crippen LogP contribution < -0.4 is 16.2 Å². The lowest BCUT2D eigenvalue weighted by atomic mass is 9.98. The number of ether oxygens (including phenoxy) is 2. The lowest BCUT2D eigenvalue weighted by Crippen LogP contribution is -2.41. The van der Waals surface area contributed by atoms with E-state index in [2.05, 4.69) is 16.9 Å². The molecule has 0 amide bonds. The van der Waals surface area contributed by atoms with Gasteiger partial charge in [0, 0.05) is 24.4 Å². The summed E-state index contributed by atoms with van der Waals surface area (Å²) in [7, 11) is 1.88. The molecular weight excluding hydrogens is 318 g/mol. The fraction of sp³-hybridized carbons (Fsp3) is 0.333. The number of anilines is 1. The van der Waals surface area contributed by atoms with Crippen LogP contribution in [-0.4, -0.2) is 30.2 Å². The number of nitrogen functional groups attached to an aromatic ring is 1. The minimum atomic E-state index is -0.156. The molecule has 0 bridgehead atoms. The van der Waals surface area contributed by atoms with Crippen molar-refractivity contribution in [2.45, 2.75) is 26.4 Å². The van der Waals surface area contributed by atoms with Gasteiger partial charge >= 0.3 is 12.0 Å². The number of hydrogen-bond acceptors (Lipinski definition) is 7. The molecule has 0 fully saturated rings. The number of amidine groups is 2. The molecule has 0 saturated heterocycles. The van der Waals surface area contributed by atoms with Crippen LogP contribution in [-0.2, 0) is 4.74 Å². The van der Waals surface area contributed by atoms with Crippen molar-refractivity contribution >= 4 is 17.7 Å². The van der Waals surface area contributed by atoms with Gasteiger partial charge in [0.1, 0.15) is 17.7 Å². The van der Waals surface area contributed by atoms with Crippen molar-refractivity contribution in [3.63, 3.8) is 0 Å². The Bertz CT molecular complexity index is 764. The number of aliphatic imine (C=N–C) groups is 2. The molecule has 132 valence electrons. The van der Waals surface area contributed by atoms with E-state index < -0.39 is 0 Å². The highest BCUT2D eigenvalue weighted by Crippen LogP contribution is 2.25. The number of hydrogen-bond donors (Lipinski definition) is 2. The number of nitrogens with zero attached hydrogens (tertiary/aromatic N) is 3. The Morgan fingerprint density at radius 3 is 2.48 bits per heavy atom. The zero-order valence-electron chi connectivity index (χ0n) is 14.6. The minimum absolute atomic E-state index is 0.156. The summed E-state index contributed by atoms with van der Waals surface area (Å²) in [5.74, 6) is 1.63. The summed E-state index contributed by atoms with van der Waals surface area (Å²) < 4.78 is 11.8. The summed E-state index contributed by atoms with van der Waals surface area (Å²) in [5, 5.41) is 0. The van der Waals surface area contributed by atoms with Gasteiger partial charge in [0.2, 0.25) is 0 Å². The number of nitrogens with two attached hydrogens (primary N) is 2. The van der Waals surface area contributed by atoms with Crippen LogP contribution in [0.3, 0.4) is 0 Å². The number of benzene rings is 1. The first-order valence-electron chi connectivity index (χ1n) is 8.19. The molecule has 1 aliphatic heterocycles. The highest BCUT2D eigenvalue weighted by Gasteiger charge is 2.26. The van der Waals surface area contributed by atoms with Gasteiger partial charge in [-0.25, -0.2) is 4.99 Å². The highest BCUT2D eigenvalue weighted by atomic mass is 16.5. The fourth-order valence-corrected chi connectivity index (χ4v) is 2.50. The van der Waals surface area contributed by atoms with E-state index in [1.807, 2.05) is 31.0 Å². The molecule has 2 aliphatic rings. The van der Waals surface area contributed by atoms with Gasteiger partial charge in [-0.2, -0.15) is 0 Å². The predicted molar refractivity (Wildman–Crippen MR) is 98.8 cm³/mol. The first-order valence-corrected chi connectivity index (χ1v) is 8.19. The second kappa shape index (κ2) is 6.88. The number of rotatable bonds is 2. The molecule has 1 heterocycles.